The summed E-state index contributed by atoms with van der Waals surface area (Å²) in [7, 11) is 0. The van der Waals surface area contributed by atoms with Gasteiger partial charge in [0.1, 0.15) is 17.4 Å². The standard InChI is InChI=1S/C22H16N2O4S/c1-14-6-8-15(9-7-14)29-13-19(25)24-22-16(12-23)20(17-4-2-10-26-17)21(28-22)18-5-3-11-27-18/h2-11H,13H2,1H3,(H,24,25). The van der Waals surface area contributed by atoms with Gasteiger partial charge in [0, 0.05) is 4.90 Å². The van der Waals surface area contributed by atoms with Gasteiger partial charge in [-0.05, 0) is 43.3 Å². The Hall–Kier alpha value is -3.63. The first-order valence-electron chi connectivity index (χ1n) is 8.79. The van der Waals surface area contributed by atoms with Crippen molar-refractivity contribution in [1.82, 2.24) is 0 Å². The average Bonchev–Trinajstić information content (AvgIpc) is 3.47. The molecule has 4 aromatic rings. The zero-order chi connectivity index (χ0) is 20.2. The Morgan fingerprint density at radius 3 is 2.38 bits per heavy atom. The molecular weight excluding hydrogens is 388 g/mol. The molecule has 3 heterocycles. The molecule has 0 unspecified atom stereocenters. The van der Waals surface area contributed by atoms with Crippen molar-refractivity contribution in [3.8, 4) is 28.9 Å². The normalized spacial score (nSPS) is 10.6. The number of aryl methyl sites for hydroxylation is 1. The van der Waals surface area contributed by atoms with Crippen molar-refractivity contribution in [3.05, 3.63) is 72.2 Å². The smallest absolute Gasteiger partial charge is 0.237 e. The summed E-state index contributed by atoms with van der Waals surface area (Å²) in [6.45, 7) is 2.01. The maximum absolute atomic E-state index is 12.5. The van der Waals surface area contributed by atoms with Gasteiger partial charge in [0.25, 0.3) is 0 Å². The topological polar surface area (TPSA) is 92.3 Å². The van der Waals surface area contributed by atoms with Crippen LogP contribution in [0.4, 0.5) is 5.88 Å². The number of hydrogen-bond donors (Lipinski definition) is 1. The number of carbonyl (C=O) groups excluding carboxylic acids is 1. The Morgan fingerprint density at radius 2 is 1.76 bits per heavy atom. The molecule has 0 bridgehead atoms. The van der Waals surface area contributed by atoms with Gasteiger partial charge in [-0.2, -0.15) is 5.26 Å². The Kier molecular flexibility index (Phi) is 5.27. The van der Waals surface area contributed by atoms with Gasteiger partial charge < -0.3 is 13.3 Å². The highest BCUT2D eigenvalue weighted by molar-refractivity contribution is 8.00. The molecule has 144 valence electrons. The van der Waals surface area contributed by atoms with Gasteiger partial charge in [-0.3, -0.25) is 10.1 Å². The summed E-state index contributed by atoms with van der Waals surface area (Å²) < 4.78 is 16.7. The van der Waals surface area contributed by atoms with Gasteiger partial charge >= 0.3 is 0 Å². The van der Waals surface area contributed by atoms with E-state index in [-0.39, 0.29) is 23.1 Å². The quantitative estimate of drug-likeness (QED) is 0.414. The predicted molar refractivity (Wildman–Crippen MR) is 109 cm³/mol. The van der Waals surface area contributed by atoms with E-state index in [4.69, 9.17) is 13.3 Å². The molecule has 6 nitrogen and oxygen atoms in total. The molecule has 0 saturated carbocycles. The molecule has 0 saturated heterocycles. The van der Waals surface area contributed by atoms with Crippen molar-refractivity contribution >= 4 is 23.6 Å². The molecule has 0 atom stereocenters. The van der Waals surface area contributed by atoms with E-state index in [2.05, 4.69) is 11.4 Å². The third kappa shape index (κ3) is 3.98. The summed E-state index contributed by atoms with van der Waals surface area (Å²) in [6.07, 6.45) is 3.01. The molecule has 4 rings (SSSR count). The van der Waals surface area contributed by atoms with Gasteiger partial charge in [-0.25, -0.2) is 0 Å². The average molecular weight is 404 g/mol. The van der Waals surface area contributed by atoms with E-state index in [0.29, 0.717) is 22.8 Å². The third-order valence-corrected chi connectivity index (χ3v) is 5.19. The number of thioether (sulfide) groups is 1. The number of nitrogens with one attached hydrogen (secondary N) is 1. The second-order valence-corrected chi connectivity index (χ2v) is 7.28. The van der Waals surface area contributed by atoms with Gasteiger partial charge in [0.15, 0.2) is 11.5 Å². The fraction of sp³-hybridized carbons (Fsp3) is 0.0909. The van der Waals surface area contributed by atoms with Crippen molar-refractivity contribution < 1.29 is 18.0 Å². The van der Waals surface area contributed by atoms with E-state index in [9.17, 15) is 10.1 Å². The van der Waals surface area contributed by atoms with Crippen LogP contribution >= 0.6 is 11.8 Å². The van der Waals surface area contributed by atoms with Gasteiger partial charge in [-0.1, -0.05) is 17.7 Å². The SMILES string of the molecule is Cc1ccc(SCC(=O)Nc2oc(-c3ccco3)c(-c3ccco3)c2C#N)cc1. The second kappa shape index (κ2) is 8.17. The minimum absolute atomic E-state index is 0.0693. The van der Waals surface area contributed by atoms with Crippen molar-refractivity contribution in [3.63, 3.8) is 0 Å². The van der Waals surface area contributed by atoms with E-state index in [1.165, 1.54) is 24.3 Å². The van der Waals surface area contributed by atoms with Crippen LogP contribution in [0.15, 0.2) is 79.2 Å². The lowest BCUT2D eigenvalue weighted by molar-refractivity contribution is -0.113. The number of anilines is 1. The molecule has 3 aromatic heterocycles. The third-order valence-electron chi connectivity index (χ3n) is 4.18. The summed E-state index contributed by atoms with van der Waals surface area (Å²) >= 11 is 1.40. The molecule has 7 heteroatoms. The highest BCUT2D eigenvalue weighted by Crippen LogP contribution is 2.41. The van der Waals surface area contributed by atoms with Crippen LogP contribution in [0.1, 0.15) is 11.1 Å². The van der Waals surface area contributed by atoms with E-state index >= 15 is 0 Å². The highest BCUT2D eigenvalue weighted by atomic mass is 32.2. The molecule has 1 N–H and O–H groups in total. The lowest BCUT2D eigenvalue weighted by Crippen LogP contribution is -2.14. The zero-order valence-corrected chi connectivity index (χ0v) is 16.3. The van der Waals surface area contributed by atoms with Gasteiger partial charge in [-0.15, -0.1) is 11.8 Å². The van der Waals surface area contributed by atoms with Crippen LogP contribution in [-0.4, -0.2) is 11.7 Å². The first-order chi connectivity index (χ1) is 14.2. The van der Waals surface area contributed by atoms with Crippen LogP contribution in [0, 0.1) is 18.3 Å². The first-order valence-corrected chi connectivity index (χ1v) is 9.78. The Morgan fingerprint density at radius 1 is 1.07 bits per heavy atom. The molecule has 0 spiro atoms. The monoisotopic (exact) mass is 404 g/mol. The second-order valence-electron chi connectivity index (χ2n) is 6.23. The molecule has 0 aliphatic rings. The van der Waals surface area contributed by atoms with E-state index in [0.717, 1.165) is 10.5 Å². The van der Waals surface area contributed by atoms with E-state index in [1.54, 1.807) is 24.3 Å². The summed E-state index contributed by atoms with van der Waals surface area (Å²) in [5.41, 5.74) is 1.78. The van der Waals surface area contributed by atoms with Crippen molar-refractivity contribution in [2.24, 2.45) is 0 Å². The van der Waals surface area contributed by atoms with Crippen LogP contribution in [0.25, 0.3) is 22.8 Å². The first kappa shape index (κ1) is 18.7. The predicted octanol–water partition coefficient (Wildman–Crippen LogP) is 5.71. The number of rotatable bonds is 6. The molecule has 0 aliphatic carbocycles. The number of amides is 1. The largest absolute Gasteiger partial charge is 0.464 e. The molecule has 0 radical (unpaired) electrons. The Labute approximate surface area is 171 Å². The molecule has 1 amide bonds. The summed E-state index contributed by atoms with van der Waals surface area (Å²) in [6, 6.07) is 16.9. The van der Waals surface area contributed by atoms with E-state index < -0.39 is 0 Å². The molecule has 1 aromatic carbocycles. The van der Waals surface area contributed by atoms with Crippen LogP contribution in [0.5, 0.6) is 0 Å². The summed E-state index contributed by atoms with van der Waals surface area (Å²) in [5.74, 6) is 1.18. The lowest BCUT2D eigenvalue weighted by atomic mass is 10.1. The molecular formula is C22H16N2O4S. The maximum atomic E-state index is 12.5. The number of carbonyl (C=O) groups is 1. The lowest BCUT2D eigenvalue weighted by Gasteiger charge is -2.03. The fourth-order valence-electron chi connectivity index (χ4n) is 2.81. The summed E-state index contributed by atoms with van der Waals surface area (Å²) in [4.78, 5) is 13.5. The molecule has 0 aliphatic heterocycles. The Balaban J connectivity index is 1.60. The zero-order valence-electron chi connectivity index (χ0n) is 15.5. The number of nitrogens with zero attached hydrogens (tertiary/aromatic N) is 1. The van der Waals surface area contributed by atoms with Gasteiger partial charge in [0.2, 0.25) is 11.8 Å². The van der Waals surface area contributed by atoms with Crippen LogP contribution < -0.4 is 5.32 Å². The van der Waals surface area contributed by atoms with Crippen LogP contribution in [-0.2, 0) is 4.79 Å². The molecule has 0 fully saturated rings. The number of furan rings is 3. The maximum Gasteiger partial charge on any atom is 0.237 e. The van der Waals surface area contributed by atoms with E-state index in [1.807, 2.05) is 31.2 Å². The number of benzene rings is 1. The van der Waals surface area contributed by atoms with Crippen molar-refractivity contribution in [1.29, 1.82) is 5.26 Å². The number of hydrogen-bond acceptors (Lipinski definition) is 6. The fourth-order valence-corrected chi connectivity index (χ4v) is 3.51. The van der Waals surface area contributed by atoms with Crippen molar-refractivity contribution in [2.45, 2.75) is 11.8 Å². The van der Waals surface area contributed by atoms with Crippen molar-refractivity contribution in [2.75, 3.05) is 11.1 Å². The minimum Gasteiger partial charge on any atom is -0.464 e. The highest BCUT2D eigenvalue weighted by Gasteiger charge is 2.27. The number of nitriles is 1. The van der Waals surface area contributed by atoms with Crippen LogP contribution in [0.3, 0.4) is 0 Å². The van der Waals surface area contributed by atoms with Crippen LogP contribution in [0.2, 0.25) is 0 Å². The minimum atomic E-state index is -0.280. The summed E-state index contributed by atoms with van der Waals surface area (Å²) in [5, 5.41) is 12.4. The van der Waals surface area contributed by atoms with Gasteiger partial charge in [0.05, 0.1) is 23.8 Å². The Bertz CT molecular complexity index is 1150. The molecule has 29 heavy (non-hydrogen) atoms.